The SMILES string of the molecule is COc1cc(/C=C(/O)C(Cl)(Cl)Cl)ncn1. The molecule has 1 N–H and O–H groups in total. The average Bonchev–Trinajstić information content (AvgIpc) is 2.16. The molecule has 82 valence electrons. The zero-order valence-electron chi connectivity index (χ0n) is 7.62. The number of allylic oxidation sites excluding steroid dienone is 1. The van der Waals surface area contributed by atoms with Gasteiger partial charge in [0.2, 0.25) is 9.67 Å². The summed E-state index contributed by atoms with van der Waals surface area (Å²) in [7, 11) is 1.46. The number of halogens is 3. The first-order valence-electron chi connectivity index (χ1n) is 3.77. The average molecular weight is 270 g/mol. The van der Waals surface area contributed by atoms with Crippen molar-refractivity contribution in [2.45, 2.75) is 3.79 Å². The smallest absolute Gasteiger partial charge is 0.247 e. The molecule has 0 saturated carbocycles. The summed E-state index contributed by atoms with van der Waals surface area (Å²) in [4.78, 5) is 7.62. The summed E-state index contributed by atoms with van der Waals surface area (Å²) in [6, 6.07) is 1.49. The van der Waals surface area contributed by atoms with Crippen molar-refractivity contribution >= 4 is 40.9 Å². The standard InChI is InChI=1S/C8H7Cl3N2O2/c1-15-7-3-5(12-4-13-7)2-6(14)8(9,10)11/h2-4,14H,1H3/b6-2+. The van der Waals surface area contributed by atoms with Gasteiger partial charge in [-0.05, 0) is 0 Å². The molecular weight excluding hydrogens is 262 g/mol. The molecule has 0 bridgehead atoms. The molecule has 1 rings (SSSR count). The number of aliphatic hydroxyl groups is 1. The molecule has 1 aromatic rings. The van der Waals surface area contributed by atoms with E-state index in [9.17, 15) is 5.11 Å². The van der Waals surface area contributed by atoms with Crippen LogP contribution in [0, 0.1) is 0 Å². The summed E-state index contributed by atoms with van der Waals surface area (Å²) in [5.74, 6) is -0.0679. The Morgan fingerprint density at radius 1 is 1.47 bits per heavy atom. The maximum Gasteiger partial charge on any atom is 0.247 e. The molecule has 0 amide bonds. The number of aliphatic hydroxyl groups excluding tert-OH is 1. The van der Waals surface area contributed by atoms with Gasteiger partial charge in [-0.15, -0.1) is 0 Å². The summed E-state index contributed by atoms with van der Waals surface area (Å²) >= 11 is 16.3. The van der Waals surface area contributed by atoms with Gasteiger partial charge in [-0.25, -0.2) is 9.97 Å². The zero-order valence-corrected chi connectivity index (χ0v) is 9.88. The van der Waals surface area contributed by atoms with Crippen LogP contribution in [0.5, 0.6) is 5.88 Å². The van der Waals surface area contributed by atoms with Crippen molar-refractivity contribution in [2.75, 3.05) is 7.11 Å². The van der Waals surface area contributed by atoms with Gasteiger partial charge in [0.25, 0.3) is 0 Å². The zero-order chi connectivity index (χ0) is 11.5. The normalized spacial score (nSPS) is 12.7. The first kappa shape index (κ1) is 12.4. The van der Waals surface area contributed by atoms with Crippen LogP contribution in [0.3, 0.4) is 0 Å². The van der Waals surface area contributed by atoms with E-state index in [4.69, 9.17) is 39.5 Å². The van der Waals surface area contributed by atoms with Gasteiger partial charge < -0.3 is 9.84 Å². The predicted octanol–water partition coefficient (Wildman–Crippen LogP) is 2.75. The van der Waals surface area contributed by atoms with Crippen LogP contribution in [-0.4, -0.2) is 26.0 Å². The third-order valence-corrected chi connectivity index (χ3v) is 2.03. The molecule has 0 unspecified atom stereocenters. The van der Waals surface area contributed by atoms with E-state index in [2.05, 4.69) is 9.97 Å². The van der Waals surface area contributed by atoms with Crippen molar-refractivity contribution in [2.24, 2.45) is 0 Å². The number of alkyl halides is 3. The van der Waals surface area contributed by atoms with Crippen LogP contribution in [0.1, 0.15) is 5.69 Å². The van der Waals surface area contributed by atoms with Crippen LogP contribution >= 0.6 is 34.8 Å². The van der Waals surface area contributed by atoms with Gasteiger partial charge in [0.1, 0.15) is 12.1 Å². The van der Waals surface area contributed by atoms with Crippen molar-refractivity contribution in [3.8, 4) is 5.88 Å². The molecule has 4 nitrogen and oxygen atoms in total. The Hall–Kier alpha value is -0.710. The summed E-state index contributed by atoms with van der Waals surface area (Å²) < 4.78 is 3.00. The Balaban J connectivity index is 2.98. The first-order chi connectivity index (χ1) is 6.93. The maximum atomic E-state index is 9.37. The highest BCUT2D eigenvalue weighted by atomic mass is 35.6. The molecule has 0 aromatic carbocycles. The fourth-order valence-electron chi connectivity index (χ4n) is 0.766. The van der Waals surface area contributed by atoms with Crippen molar-refractivity contribution < 1.29 is 9.84 Å². The topological polar surface area (TPSA) is 55.2 Å². The summed E-state index contributed by atoms with van der Waals surface area (Å²) in [5.41, 5.74) is 0.380. The van der Waals surface area contributed by atoms with E-state index >= 15 is 0 Å². The van der Waals surface area contributed by atoms with Gasteiger partial charge in [0, 0.05) is 12.1 Å². The van der Waals surface area contributed by atoms with E-state index in [-0.39, 0.29) is 0 Å². The van der Waals surface area contributed by atoms with Crippen molar-refractivity contribution in [1.29, 1.82) is 0 Å². The minimum absolute atomic E-state index is 0.355. The van der Waals surface area contributed by atoms with Crippen LogP contribution in [0.25, 0.3) is 6.08 Å². The Bertz CT molecular complexity index is 376. The number of rotatable bonds is 2. The molecule has 0 aliphatic heterocycles. The lowest BCUT2D eigenvalue weighted by atomic mass is 10.3. The highest BCUT2D eigenvalue weighted by Gasteiger charge is 2.25. The lowest BCUT2D eigenvalue weighted by Gasteiger charge is -2.08. The second-order valence-electron chi connectivity index (χ2n) is 2.51. The minimum atomic E-state index is -1.86. The van der Waals surface area contributed by atoms with Gasteiger partial charge >= 0.3 is 0 Å². The number of hydrogen-bond acceptors (Lipinski definition) is 4. The molecule has 0 aliphatic rings. The molecule has 0 saturated heterocycles. The van der Waals surface area contributed by atoms with E-state index in [0.29, 0.717) is 11.6 Å². The highest BCUT2D eigenvalue weighted by molar-refractivity contribution is 6.69. The molecular formula is C8H7Cl3N2O2. The van der Waals surface area contributed by atoms with Gasteiger partial charge in [0.15, 0.2) is 0 Å². The van der Waals surface area contributed by atoms with Gasteiger partial charge in [-0.1, -0.05) is 34.8 Å². The molecule has 1 aromatic heterocycles. The van der Waals surface area contributed by atoms with E-state index in [1.54, 1.807) is 0 Å². The monoisotopic (exact) mass is 268 g/mol. The number of ether oxygens (including phenoxy) is 1. The second-order valence-corrected chi connectivity index (χ2v) is 4.79. The predicted molar refractivity (Wildman–Crippen MR) is 59.5 cm³/mol. The van der Waals surface area contributed by atoms with E-state index < -0.39 is 9.55 Å². The first-order valence-corrected chi connectivity index (χ1v) is 4.91. The molecule has 0 radical (unpaired) electrons. The minimum Gasteiger partial charge on any atom is -0.508 e. The maximum absolute atomic E-state index is 9.37. The van der Waals surface area contributed by atoms with E-state index in [1.807, 2.05) is 0 Å². The Morgan fingerprint density at radius 2 is 2.13 bits per heavy atom. The summed E-state index contributed by atoms with van der Waals surface area (Å²) in [5, 5.41) is 9.37. The number of hydrogen-bond donors (Lipinski definition) is 1. The van der Waals surface area contributed by atoms with Crippen molar-refractivity contribution in [1.82, 2.24) is 9.97 Å². The number of aromatic nitrogens is 2. The molecule has 0 aliphatic carbocycles. The fourth-order valence-corrected chi connectivity index (χ4v) is 0.930. The Labute approximate surface area is 101 Å². The largest absolute Gasteiger partial charge is 0.508 e. The fraction of sp³-hybridized carbons (Fsp3) is 0.250. The quantitative estimate of drug-likeness (QED) is 0.662. The summed E-state index contributed by atoms with van der Waals surface area (Å²) in [6.45, 7) is 0. The van der Waals surface area contributed by atoms with Gasteiger partial charge in [0.05, 0.1) is 12.8 Å². The van der Waals surface area contributed by atoms with E-state index in [1.165, 1.54) is 25.6 Å². The lowest BCUT2D eigenvalue weighted by molar-refractivity contribution is 0.396. The second kappa shape index (κ2) is 4.88. The van der Waals surface area contributed by atoms with Crippen molar-refractivity contribution in [3.05, 3.63) is 23.8 Å². The molecule has 0 spiro atoms. The third-order valence-electron chi connectivity index (χ3n) is 1.45. The number of methoxy groups -OCH3 is 1. The van der Waals surface area contributed by atoms with Crippen LogP contribution in [-0.2, 0) is 0 Å². The van der Waals surface area contributed by atoms with Crippen molar-refractivity contribution in [3.63, 3.8) is 0 Å². The molecule has 0 fully saturated rings. The van der Waals surface area contributed by atoms with E-state index in [0.717, 1.165) is 0 Å². The number of nitrogens with zero attached hydrogens (tertiary/aromatic N) is 2. The summed E-state index contributed by atoms with van der Waals surface area (Å²) in [6.07, 6.45) is 2.49. The molecule has 15 heavy (non-hydrogen) atoms. The van der Waals surface area contributed by atoms with Crippen LogP contribution in [0.4, 0.5) is 0 Å². The highest BCUT2D eigenvalue weighted by Crippen LogP contribution is 2.33. The molecule has 7 heteroatoms. The van der Waals surface area contributed by atoms with Crippen LogP contribution in [0.2, 0.25) is 0 Å². The molecule has 1 heterocycles. The Kier molecular flexibility index (Phi) is 4.02. The van der Waals surface area contributed by atoms with Crippen LogP contribution < -0.4 is 4.74 Å². The lowest BCUT2D eigenvalue weighted by Crippen LogP contribution is -2.06. The third kappa shape index (κ3) is 3.74. The van der Waals surface area contributed by atoms with Crippen LogP contribution in [0.15, 0.2) is 18.2 Å². The molecule has 0 atom stereocenters. The Morgan fingerprint density at radius 3 is 2.67 bits per heavy atom. The van der Waals surface area contributed by atoms with Gasteiger partial charge in [-0.3, -0.25) is 0 Å². The van der Waals surface area contributed by atoms with Gasteiger partial charge in [-0.2, -0.15) is 0 Å².